The molecule has 2 aromatic rings. The van der Waals surface area contributed by atoms with Crippen LogP contribution in [0.15, 0.2) is 48.8 Å². The van der Waals surface area contributed by atoms with Gasteiger partial charge in [0.1, 0.15) is 0 Å². The molecule has 1 aromatic heterocycles. The number of carbonyl (C=O) groups is 1. The molecule has 4 nitrogen and oxygen atoms in total. The van der Waals surface area contributed by atoms with Gasteiger partial charge in [0, 0.05) is 31.0 Å². The third-order valence-corrected chi connectivity index (χ3v) is 4.52. The molecule has 0 unspecified atom stereocenters. The van der Waals surface area contributed by atoms with E-state index in [0.717, 1.165) is 12.1 Å². The van der Waals surface area contributed by atoms with Crippen molar-refractivity contribution in [1.29, 1.82) is 0 Å². The van der Waals surface area contributed by atoms with Crippen LogP contribution in [0.3, 0.4) is 0 Å². The van der Waals surface area contributed by atoms with Crippen molar-refractivity contribution in [3.05, 3.63) is 65.5 Å². The van der Waals surface area contributed by atoms with Crippen molar-refractivity contribution >= 4 is 5.91 Å². The second-order valence-electron chi connectivity index (χ2n) is 6.43. The summed E-state index contributed by atoms with van der Waals surface area (Å²) >= 11 is 0. The van der Waals surface area contributed by atoms with Crippen LogP contribution in [0.5, 0.6) is 0 Å². The van der Waals surface area contributed by atoms with Gasteiger partial charge < -0.3 is 5.32 Å². The first-order valence-electron chi connectivity index (χ1n) is 8.80. The number of hydrogen-bond acceptors (Lipinski definition) is 3. The monoisotopic (exact) mass is 323 g/mol. The first kappa shape index (κ1) is 16.7. The number of likely N-dealkylation sites (tertiary alicyclic amines) is 1. The van der Waals surface area contributed by atoms with E-state index in [0.29, 0.717) is 12.1 Å². The van der Waals surface area contributed by atoms with Crippen LogP contribution in [-0.2, 0) is 13.1 Å². The summed E-state index contributed by atoms with van der Waals surface area (Å²) < 4.78 is 0. The predicted molar refractivity (Wildman–Crippen MR) is 95.6 cm³/mol. The third-order valence-electron chi connectivity index (χ3n) is 4.52. The Morgan fingerprint density at radius 1 is 0.917 bits per heavy atom. The van der Waals surface area contributed by atoms with Gasteiger partial charge in [-0.2, -0.15) is 0 Å². The molecule has 1 fully saturated rings. The Bertz CT molecular complexity index is 632. The summed E-state index contributed by atoms with van der Waals surface area (Å²) in [5.74, 6) is -0.0341. The van der Waals surface area contributed by atoms with Crippen molar-refractivity contribution in [1.82, 2.24) is 15.2 Å². The molecular formula is C20H25N3O. The topological polar surface area (TPSA) is 45.2 Å². The minimum atomic E-state index is -0.0341. The quantitative estimate of drug-likeness (QED) is 0.917. The molecule has 1 saturated heterocycles. The van der Waals surface area contributed by atoms with E-state index in [1.807, 2.05) is 24.3 Å². The lowest BCUT2D eigenvalue weighted by Crippen LogP contribution is -2.24. The van der Waals surface area contributed by atoms with Crippen LogP contribution in [0, 0.1) is 0 Å². The molecule has 1 N–H and O–H groups in total. The highest BCUT2D eigenvalue weighted by Gasteiger charge is 2.10. The van der Waals surface area contributed by atoms with Gasteiger partial charge in [0.2, 0.25) is 0 Å². The molecule has 1 aromatic carbocycles. The third kappa shape index (κ3) is 4.90. The second-order valence-corrected chi connectivity index (χ2v) is 6.43. The summed E-state index contributed by atoms with van der Waals surface area (Å²) in [6, 6.07) is 11.8. The summed E-state index contributed by atoms with van der Waals surface area (Å²) in [7, 11) is 0. The number of nitrogens with one attached hydrogen (secondary N) is 1. The van der Waals surface area contributed by atoms with Crippen molar-refractivity contribution in [3.8, 4) is 0 Å². The molecule has 0 aliphatic carbocycles. The Kier molecular flexibility index (Phi) is 5.96. The van der Waals surface area contributed by atoms with Crippen molar-refractivity contribution in [2.45, 2.75) is 38.8 Å². The van der Waals surface area contributed by atoms with Crippen molar-refractivity contribution in [2.24, 2.45) is 0 Å². The van der Waals surface area contributed by atoms with E-state index in [1.54, 1.807) is 12.4 Å². The van der Waals surface area contributed by atoms with Crippen LogP contribution >= 0.6 is 0 Å². The predicted octanol–water partition coefficient (Wildman–Crippen LogP) is 3.39. The number of nitrogens with zero attached hydrogens (tertiary/aromatic N) is 2. The summed E-state index contributed by atoms with van der Waals surface area (Å²) in [6.07, 6.45) is 8.78. The largest absolute Gasteiger partial charge is 0.348 e. The minimum Gasteiger partial charge on any atom is -0.348 e. The maximum Gasteiger partial charge on any atom is 0.251 e. The van der Waals surface area contributed by atoms with Crippen LogP contribution in [-0.4, -0.2) is 28.9 Å². The van der Waals surface area contributed by atoms with Crippen LogP contribution in [0.1, 0.15) is 47.2 Å². The van der Waals surface area contributed by atoms with Gasteiger partial charge in [-0.15, -0.1) is 0 Å². The highest BCUT2D eigenvalue weighted by Crippen LogP contribution is 2.14. The van der Waals surface area contributed by atoms with E-state index in [2.05, 4.69) is 27.3 Å². The Morgan fingerprint density at radius 2 is 1.58 bits per heavy atom. The Labute approximate surface area is 143 Å². The highest BCUT2D eigenvalue weighted by atomic mass is 16.1. The standard InChI is InChI=1S/C20H25N3O/c24-20(22-15-17-9-11-21-12-10-17)19-7-5-18(6-8-19)16-23-13-3-1-2-4-14-23/h5-12H,1-4,13-16H2,(H,22,24). The Morgan fingerprint density at radius 3 is 2.25 bits per heavy atom. The normalized spacial score (nSPS) is 15.7. The number of rotatable bonds is 5. The minimum absolute atomic E-state index is 0.0341. The van der Waals surface area contributed by atoms with Crippen LogP contribution < -0.4 is 5.32 Å². The maximum atomic E-state index is 12.2. The molecule has 0 saturated carbocycles. The molecule has 0 bridgehead atoms. The number of hydrogen-bond donors (Lipinski definition) is 1. The number of carbonyl (C=O) groups excluding carboxylic acids is 1. The number of amides is 1. The molecule has 2 heterocycles. The fourth-order valence-electron chi connectivity index (χ4n) is 3.10. The SMILES string of the molecule is O=C(NCc1ccncc1)c1ccc(CN2CCCCCC2)cc1. The van der Waals surface area contributed by atoms with E-state index in [-0.39, 0.29) is 5.91 Å². The lowest BCUT2D eigenvalue weighted by Gasteiger charge is -2.19. The molecule has 126 valence electrons. The molecule has 1 aliphatic heterocycles. The van der Waals surface area contributed by atoms with Gasteiger partial charge in [0.25, 0.3) is 5.91 Å². The van der Waals surface area contributed by atoms with Gasteiger partial charge in [-0.05, 0) is 61.3 Å². The van der Waals surface area contributed by atoms with Crippen LogP contribution in [0.2, 0.25) is 0 Å². The molecule has 0 spiro atoms. The Hall–Kier alpha value is -2.20. The van der Waals surface area contributed by atoms with Crippen molar-refractivity contribution in [3.63, 3.8) is 0 Å². The van der Waals surface area contributed by atoms with Crippen LogP contribution in [0.4, 0.5) is 0 Å². The van der Waals surface area contributed by atoms with Gasteiger partial charge >= 0.3 is 0 Å². The Balaban J connectivity index is 1.52. The van der Waals surface area contributed by atoms with Gasteiger partial charge in [0.15, 0.2) is 0 Å². The molecule has 4 heteroatoms. The zero-order valence-corrected chi connectivity index (χ0v) is 14.1. The average Bonchev–Trinajstić information content (AvgIpc) is 2.90. The summed E-state index contributed by atoms with van der Waals surface area (Å²) in [5, 5.41) is 2.95. The van der Waals surface area contributed by atoms with E-state index in [9.17, 15) is 4.79 Å². The first-order chi connectivity index (χ1) is 11.8. The van der Waals surface area contributed by atoms with Crippen molar-refractivity contribution < 1.29 is 4.79 Å². The number of benzene rings is 1. The zero-order chi connectivity index (χ0) is 16.6. The van der Waals surface area contributed by atoms with Gasteiger partial charge in [-0.1, -0.05) is 25.0 Å². The van der Waals surface area contributed by atoms with E-state index >= 15 is 0 Å². The molecule has 1 aliphatic rings. The second kappa shape index (κ2) is 8.60. The lowest BCUT2D eigenvalue weighted by molar-refractivity contribution is 0.0951. The fourth-order valence-corrected chi connectivity index (χ4v) is 3.10. The lowest BCUT2D eigenvalue weighted by atomic mass is 10.1. The van der Waals surface area contributed by atoms with Crippen LogP contribution in [0.25, 0.3) is 0 Å². The van der Waals surface area contributed by atoms with E-state index in [1.165, 1.54) is 44.3 Å². The number of aromatic nitrogens is 1. The summed E-state index contributed by atoms with van der Waals surface area (Å²) in [5.41, 5.74) is 3.04. The smallest absolute Gasteiger partial charge is 0.251 e. The number of pyridine rings is 1. The average molecular weight is 323 g/mol. The molecule has 24 heavy (non-hydrogen) atoms. The van der Waals surface area contributed by atoms with Crippen molar-refractivity contribution in [2.75, 3.05) is 13.1 Å². The summed E-state index contributed by atoms with van der Waals surface area (Å²) in [4.78, 5) is 18.7. The molecule has 3 rings (SSSR count). The molecule has 0 atom stereocenters. The van der Waals surface area contributed by atoms with Gasteiger partial charge in [-0.25, -0.2) is 0 Å². The molecular weight excluding hydrogens is 298 g/mol. The first-order valence-corrected chi connectivity index (χ1v) is 8.80. The molecule has 0 radical (unpaired) electrons. The zero-order valence-electron chi connectivity index (χ0n) is 14.1. The fraction of sp³-hybridized carbons (Fsp3) is 0.400. The van der Waals surface area contributed by atoms with E-state index < -0.39 is 0 Å². The maximum absolute atomic E-state index is 12.2. The van der Waals surface area contributed by atoms with E-state index in [4.69, 9.17) is 0 Å². The van der Waals surface area contributed by atoms with Gasteiger partial charge in [0.05, 0.1) is 0 Å². The molecule has 1 amide bonds. The van der Waals surface area contributed by atoms with Gasteiger partial charge in [-0.3, -0.25) is 14.7 Å². The highest BCUT2D eigenvalue weighted by molar-refractivity contribution is 5.94. The summed E-state index contributed by atoms with van der Waals surface area (Å²) in [6.45, 7) is 3.89.